The average Bonchev–Trinajstić information content (AvgIpc) is 2.91. The van der Waals surface area contributed by atoms with Gasteiger partial charge in [-0.25, -0.2) is 4.79 Å². The van der Waals surface area contributed by atoms with Crippen molar-refractivity contribution >= 4 is 28.8 Å². The van der Waals surface area contributed by atoms with Crippen LogP contribution in [0.5, 0.6) is 5.75 Å². The van der Waals surface area contributed by atoms with E-state index in [4.69, 9.17) is 4.74 Å². The molecule has 0 aromatic heterocycles. The van der Waals surface area contributed by atoms with E-state index in [0.717, 1.165) is 5.56 Å². The lowest BCUT2D eigenvalue weighted by Crippen LogP contribution is -2.43. The van der Waals surface area contributed by atoms with Crippen LogP contribution in [0.2, 0.25) is 0 Å². The Morgan fingerprint density at radius 2 is 2.21 bits per heavy atom. The van der Waals surface area contributed by atoms with Gasteiger partial charge in [0.25, 0.3) is 0 Å². The van der Waals surface area contributed by atoms with Crippen LogP contribution in [0.3, 0.4) is 0 Å². The van der Waals surface area contributed by atoms with E-state index in [2.05, 4.69) is 0 Å². The van der Waals surface area contributed by atoms with Crippen molar-refractivity contribution in [3.63, 3.8) is 0 Å². The molecule has 1 heterocycles. The molecule has 2 unspecified atom stereocenters. The summed E-state index contributed by atoms with van der Waals surface area (Å²) < 4.78 is 5.15. The van der Waals surface area contributed by atoms with Crippen LogP contribution in [0, 0.1) is 5.92 Å². The lowest BCUT2D eigenvalue weighted by atomic mass is 10.0. The molecule has 130 valence electrons. The van der Waals surface area contributed by atoms with Gasteiger partial charge in [-0.3, -0.25) is 9.59 Å². The lowest BCUT2D eigenvalue weighted by Gasteiger charge is -2.25. The van der Waals surface area contributed by atoms with Crippen LogP contribution < -0.4 is 4.74 Å². The molecule has 1 fully saturated rings. The Labute approximate surface area is 145 Å². The van der Waals surface area contributed by atoms with Crippen molar-refractivity contribution in [2.45, 2.75) is 25.8 Å². The molecule has 1 aromatic rings. The average molecular weight is 351 g/mol. The largest absolute Gasteiger partial charge is 0.497 e. The van der Waals surface area contributed by atoms with Gasteiger partial charge in [-0.15, -0.1) is 0 Å². The molecule has 2 rings (SSSR count). The summed E-state index contributed by atoms with van der Waals surface area (Å²) in [4.78, 5) is 36.4. The number of rotatable bonds is 7. The Kier molecular flexibility index (Phi) is 6.25. The fourth-order valence-corrected chi connectivity index (χ4v) is 3.50. The van der Waals surface area contributed by atoms with Gasteiger partial charge in [0.05, 0.1) is 7.11 Å². The zero-order chi connectivity index (χ0) is 17.7. The number of aliphatic carboxylic acids is 1. The van der Waals surface area contributed by atoms with Crippen molar-refractivity contribution in [2.24, 2.45) is 5.92 Å². The van der Waals surface area contributed by atoms with E-state index in [-0.39, 0.29) is 23.4 Å². The van der Waals surface area contributed by atoms with E-state index in [9.17, 15) is 19.5 Å². The Balaban J connectivity index is 2.08. The standard InChI is InChI=1S/C17H21NO5S/c1-11(19)24-10-13-8-16(20)18(9-13)15(17(21)22)7-12-4-3-5-14(6-12)23-2/h3-6,13,15H,7-10H2,1-2H3,(H,21,22). The van der Waals surface area contributed by atoms with E-state index < -0.39 is 12.0 Å². The number of carbonyl (C=O) groups excluding carboxylic acids is 2. The van der Waals surface area contributed by atoms with Crippen LogP contribution in [0.25, 0.3) is 0 Å². The Bertz CT molecular complexity index is 633. The van der Waals surface area contributed by atoms with Gasteiger partial charge in [-0.1, -0.05) is 23.9 Å². The van der Waals surface area contributed by atoms with Gasteiger partial charge >= 0.3 is 5.97 Å². The fourth-order valence-electron chi connectivity index (χ4n) is 2.81. The summed E-state index contributed by atoms with van der Waals surface area (Å²) >= 11 is 1.18. The predicted octanol–water partition coefficient (Wildman–Crippen LogP) is 1.82. The fraction of sp³-hybridized carbons (Fsp3) is 0.471. The molecular formula is C17H21NO5S. The number of methoxy groups -OCH3 is 1. The third kappa shape index (κ3) is 4.74. The van der Waals surface area contributed by atoms with Crippen LogP contribution in [-0.2, 0) is 20.8 Å². The zero-order valence-corrected chi connectivity index (χ0v) is 14.5. The van der Waals surface area contributed by atoms with E-state index in [0.29, 0.717) is 24.5 Å². The van der Waals surface area contributed by atoms with Gasteiger partial charge in [0.15, 0.2) is 5.12 Å². The second-order valence-corrected chi connectivity index (χ2v) is 7.03. The molecule has 7 heteroatoms. The summed E-state index contributed by atoms with van der Waals surface area (Å²) in [5.41, 5.74) is 0.802. The number of benzene rings is 1. The number of carboxylic acid groups (broad SMARTS) is 1. The highest BCUT2D eigenvalue weighted by Crippen LogP contribution is 2.26. The van der Waals surface area contributed by atoms with Gasteiger partial charge in [-0.05, 0) is 23.6 Å². The molecule has 24 heavy (non-hydrogen) atoms. The van der Waals surface area contributed by atoms with Crippen LogP contribution in [0.4, 0.5) is 0 Å². The molecule has 2 atom stereocenters. The van der Waals surface area contributed by atoms with Crippen molar-refractivity contribution < 1.29 is 24.2 Å². The SMILES string of the molecule is COc1cccc(CC(C(=O)O)N2CC(CSC(C)=O)CC2=O)c1. The van der Waals surface area contributed by atoms with Crippen LogP contribution in [0.1, 0.15) is 18.9 Å². The number of likely N-dealkylation sites (tertiary alicyclic amines) is 1. The minimum atomic E-state index is -1.02. The summed E-state index contributed by atoms with van der Waals surface area (Å²) in [5, 5.41) is 9.57. The molecule has 0 saturated carbocycles. The number of nitrogens with zero attached hydrogens (tertiary/aromatic N) is 1. The molecule has 0 spiro atoms. The van der Waals surface area contributed by atoms with Gasteiger partial charge < -0.3 is 14.7 Å². The molecule has 1 N–H and O–H groups in total. The minimum Gasteiger partial charge on any atom is -0.497 e. The molecule has 0 bridgehead atoms. The molecule has 1 aromatic carbocycles. The first-order valence-corrected chi connectivity index (χ1v) is 8.67. The number of carboxylic acids is 1. The Hall–Kier alpha value is -2.02. The minimum absolute atomic E-state index is 0.00654. The smallest absolute Gasteiger partial charge is 0.326 e. The molecule has 1 saturated heterocycles. The maximum atomic E-state index is 12.2. The summed E-state index contributed by atoms with van der Waals surface area (Å²) in [6.07, 6.45) is 0.521. The molecule has 0 aliphatic carbocycles. The van der Waals surface area contributed by atoms with E-state index in [1.54, 1.807) is 25.3 Å². The molecular weight excluding hydrogens is 330 g/mol. The third-order valence-electron chi connectivity index (χ3n) is 3.99. The van der Waals surface area contributed by atoms with E-state index >= 15 is 0 Å². The normalized spacial score (nSPS) is 18.5. The highest BCUT2D eigenvalue weighted by molar-refractivity contribution is 8.13. The van der Waals surface area contributed by atoms with Crippen molar-refractivity contribution in [1.82, 2.24) is 4.90 Å². The molecule has 0 radical (unpaired) electrons. The Morgan fingerprint density at radius 3 is 2.83 bits per heavy atom. The monoisotopic (exact) mass is 351 g/mol. The first kappa shape index (κ1) is 18.3. The van der Waals surface area contributed by atoms with E-state index in [1.807, 2.05) is 6.07 Å². The number of hydrogen-bond donors (Lipinski definition) is 1. The van der Waals surface area contributed by atoms with Gasteiger partial charge in [0.2, 0.25) is 5.91 Å². The number of amides is 1. The quantitative estimate of drug-likeness (QED) is 0.807. The van der Waals surface area contributed by atoms with Crippen molar-refractivity contribution in [2.75, 3.05) is 19.4 Å². The number of ether oxygens (including phenoxy) is 1. The highest BCUT2D eigenvalue weighted by Gasteiger charge is 2.37. The highest BCUT2D eigenvalue weighted by atomic mass is 32.2. The van der Waals surface area contributed by atoms with Crippen LogP contribution in [-0.4, -0.2) is 52.4 Å². The number of hydrogen-bond acceptors (Lipinski definition) is 5. The molecule has 1 aliphatic heterocycles. The summed E-state index contributed by atoms with van der Waals surface area (Å²) in [5.74, 6) is 0.0208. The van der Waals surface area contributed by atoms with Crippen LogP contribution >= 0.6 is 11.8 Å². The first-order chi connectivity index (χ1) is 11.4. The number of thioether (sulfide) groups is 1. The maximum Gasteiger partial charge on any atom is 0.326 e. The second-order valence-electron chi connectivity index (χ2n) is 5.83. The van der Waals surface area contributed by atoms with E-state index in [1.165, 1.54) is 23.6 Å². The van der Waals surface area contributed by atoms with Gasteiger partial charge in [0, 0.05) is 32.1 Å². The topological polar surface area (TPSA) is 83.9 Å². The van der Waals surface area contributed by atoms with Crippen molar-refractivity contribution in [3.05, 3.63) is 29.8 Å². The maximum absolute atomic E-state index is 12.2. The Morgan fingerprint density at radius 1 is 1.46 bits per heavy atom. The summed E-state index contributed by atoms with van der Waals surface area (Å²) in [6, 6.07) is 6.28. The second kappa shape index (κ2) is 8.19. The molecule has 1 amide bonds. The first-order valence-electron chi connectivity index (χ1n) is 7.69. The summed E-state index contributed by atoms with van der Waals surface area (Å²) in [6.45, 7) is 1.86. The summed E-state index contributed by atoms with van der Waals surface area (Å²) in [7, 11) is 1.55. The zero-order valence-electron chi connectivity index (χ0n) is 13.7. The molecule has 1 aliphatic rings. The third-order valence-corrected chi connectivity index (χ3v) is 5.03. The van der Waals surface area contributed by atoms with Gasteiger partial charge in [0.1, 0.15) is 11.8 Å². The van der Waals surface area contributed by atoms with Crippen molar-refractivity contribution in [1.29, 1.82) is 0 Å². The van der Waals surface area contributed by atoms with Crippen molar-refractivity contribution in [3.8, 4) is 5.75 Å². The lowest BCUT2D eigenvalue weighted by molar-refractivity contribution is -0.148. The van der Waals surface area contributed by atoms with Crippen LogP contribution in [0.15, 0.2) is 24.3 Å². The van der Waals surface area contributed by atoms with Gasteiger partial charge in [-0.2, -0.15) is 0 Å². The predicted molar refractivity (Wildman–Crippen MR) is 91.1 cm³/mol. The molecule has 6 nitrogen and oxygen atoms in total. The number of carbonyl (C=O) groups is 3.